The normalized spacial score (nSPS) is 15.1. The minimum atomic E-state index is -6.34. The van der Waals surface area contributed by atoms with Gasteiger partial charge in [-0.3, -0.25) is 4.79 Å². The molecule has 0 aromatic rings. The SMILES string of the molecule is CCCCCCCCS(=O)(=O)C(F)(F)C(F)(F)C(F)(F)N[C@@H](C)C(=O)O. The fourth-order valence-corrected chi connectivity index (χ4v) is 3.36. The first-order valence-electron chi connectivity index (χ1n) is 8.00. The Labute approximate surface area is 148 Å². The smallest absolute Gasteiger partial charge is 0.414 e. The van der Waals surface area contributed by atoms with Crippen LogP contribution < -0.4 is 5.32 Å². The topological polar surface area (TPSA) is 83.5 Å². The Balaban J connectivity index is 5.19. The van der Waals surface area contributed by atoms with Gasteiger partial charge in [0.2, 0.25) is 9.84 Å². The molecule has 0 saturated carbocycles. The fourth-order valence-electron chi connectivity index (χ4n) is 2.00. The Morgan fingerprint density at radius 3 is 1.92 bits per heavy atom. The fraction of sp³-hybridized carbons (Fsp3) is 0.929. The minimum Gasteiger partial charge on any atom is -0.480 e. The summed E-state index contributed by atoms with van der Waals surface area (Å²) in [6.45, 7) is 2.43. The lowest BCUT2D eigenvalue weighted by Gasteiger charge is -2.33. The monoisotopic (exact) mass is 415 g/mol. The van der Waals surface area contributed by atoms with Crippen LogP contribution in [0.1, 0.15) is 52.4 Å². The number of carboxylic acid groups (broad SMARTS) is 1. The third-order valence-corrected chi connectivity index (χ3v) is 5.55. The highest BCUT2D eigenvalue weighted by atomic mass is 32.2. The molecule has 0 fully saturated rings. The molecule has 0 aromatic carbocycles. The average Bonchev–Trinajstić information content (AvgIpc) is 2.49. The molecular formula is C14H23F6NO4S. The minimum absolute atomic E-state index is 0.172. The van der Waals surface area contributed by atoms with E-state index in [1.807, 2.05) is 6.92 Å². The number of alkyl halides is 6. The van der Waals surface area contributed by atoms with Gasteiger partial charge < -0.3 is 5.11 Å². The van der Waals surface area contributed by atoms with Crippen LogP contribution in [0.15, 0.2) is 0 Å². The van der Waals surface area contributed by atoms with Gasteiger partial charge in [-0.2, -0.15) is 26.3 Å². The van der Waals surface area contributed by atoms with Crippen molar-refractivity contribution in [2.75, 3.05) is 5.75 Å². The molecule has 1 atom stereocenters. The zero-order valence-corrected chi connectivity index (χ0v) is 15.2. The molecule has 26 heavy (non-hydrogen) atoms. The maximum atomic E-state index is 13.8. The van der Waals surface area contributed by atoms with Crippen molar-refractivity contribution in [3.05, 3.63) is 0 Å². The number of hydrogen-bond donors (Lipinski definition) is 2. The molecule has 12 heteroatoms. The molecule has 0 spiro atoms. The summed E-state index contributed by atoms with van der Waals surface area (Å²) in [7, 11) is -5.90. The van der Waals surface area contributed by atoms with Crippen molar-refractivity contribution in [2.24, 2.45) is 0 Å². The number of sulfone groups is 1. The third-order valence-electron chi connectivity index (χ3n) is 3.69. The Hall–Kier alpha value is -1.04. The summed E-state index contributed by atoms with van der Waals surface area (Å²) < 4.78 is 105. The van der Waals surface area contributed by atoms with Crippen molar-refractivity contribution in [3.8, 4) is 0 Å². The first-order valence-corrected chi connectivity index (χ1v) is 9.65. The average molecular weight is 415 g/mol. The van der Waals surface area contributed by atoms with Crippen LogP contribution in [0.3, 0.4) is 0 Å². The number of nitrogens with one attached hydrogen (secondary N) is 1. The van der Waals surface area contributed by atoms with Crippen LogP contribution in [0.4, 0.5) is 26.3 Å². The van der Waals surface area contributed by atoms with E-state index < -0.39 is 44.8 Å². The number of carboxylic acids is 1. The molecule has 0 bridgehead atoms. The summed E-state index contributed by atoms with van der Waals surface area (Å²) in [5, 5.41) is 2.90. The van der Waals surface area contributed by atoms with Crippen molar-refractivity contribution < 1.29 is 44.7 Å². The van der Waals surface area contributed by atoms with Crippen molar-refractivity contribution in [1.29, 1.82) is 0 Å². The molecule has 0 aliphatic carbocycles. The van der Waals surface area contributed by atoms with Crippen LogP contribution in [0.25, 0.3) is 0 Å². The first-order chi connectivity index (χ1) is 11.6. The summed E-state index contributed by atoms with van der Waals surface area (Å²) >= 11 is 0. The number of carbonyl (C=O) groups is 1. The largest absolute Gasteiger partial charge is 0.480 e. The zero-order chi connectivity index (χ0) is 20.8. The Morgan fingerprint density at radius 2 is 1.46 bits per heavy atom. The van der Waals surface area contributed by atoms with E-state index in [1.165, 1.54) is 0 Å². The summed E-state index contributed by atoms with van der Waals surface area (Å²) in [5.74, 6) is -9.73. The first kappa shape index (κ1) is 25.0. The van der Waals surface area contributed by atoms with Gasteiger partial charge in [-0.1, -0.05) is 39.0 Å². The molecule has 0 unspecified atom stereocenters. The highest BCUT2D eigenvalue weighted by Gasteiger charge is 2.77. The second kappa shape index (κ2) is 9.25. The van der Waals surface area contributed by atoms with E-state index in [4.69, 9.17) is 5.11 Å². The standard InChI is InChI=1S/C14H23F6NO4S/c1-3-4-5-6-7-8-9-26(24,25)14(19,20)12(15,16)13(17,18)21-10(2)11(22)23/h10,21H,3-9H2,1-2H3,(H,22,23)/t10-/m0/s1. The molecule has 0 aliphatic heterocycles. The van der Waals surface area contributed by atoms with Crippen molar-refractivity contribution in [1.82, 2.24) is 5.32 Å². The Bertz CT molecular complexity index is 568. The Kier molecular flexibility index (Phi) is 8.88. The molecule has 156 valence electrons. The third kappa shape index (κ3) is 5.73. The maximum absolute atomic E-state index is 13.8. The highest BCUT2D eigenvalue weighted by molar-refractivity contribution is 7.92. The van der Waals surface area contributed by atoms with E-state index in [0.717, 1.165) is 12.8 Å². The number of hydrogen-bond acceptors (Lipinski definition) is 4. The second-order valence-electron chi connectivity index (χ2n) is 5.96. The molecular weight excluding hydrogens is 392 g/mol. The van der Waals surface area contributed by atoms with E-state index in [0.29, 0.717) is 25.1 Å². The van der Waals surface area contributed by atoms with E-state index in [1.54, 1.807) is 0 Å². The van der Waals surface area contributed by atoms with Crippen molar-refractivity contribution >= 4 is 15.8 Å². The van der Waals surface area contributed by atoms with Crippen LogP contribution in [0, 0.1) is 0 Å². The van der Waals surface area contributed by atoms with Crippen molar-refractivity contribution in [3.63, 3.8) is 0 Å². The predicted molar refractivity (Wildman–Crippen MR) is 82.2 cm³/mol. The quantitative estimate of drug-likeness (QED) is 0.273. The molecule has 0 rings (SSSR count). The number of halogens is 6. The lowest BCUT2D eigenvalue weighted by molar-refractivity contribution is -0.293. The molecule has 0 aliphatic rings. The van der Waals surface area contributed by atoms with Gasteiger partial charge in [0.05, 0.1) is 5.75 Å². The van der Waals surface area contributed by atoms with Gasteiger partial charge in [0.1, 0.15) is 6.04 Å². The molecule has 0 heterocycles. The molecule has 0 radical (unpaired) electrons. The number of rotatable bonds is 13. The van der Waals surface area contributed by atoms with Gasteiger partial charge in [-0.25, -0.2) is 13.7 Å². The summed E-state index contributed by atoms with van der Waals surface area (Å²) in [5.41, 5.74) is 0. The van der Waals surface area contributed by atoms with Gasteiger partial charge in [-0.05, 0) is 13.3 Å². The van der Waals surface area contributed by atoms with Gasteiger partial charge in [-0.15, -0.1) is 0 Å². The van der Waals surface area contributed by atoms with E-state index in [9.17, 15) is 39.6 Å². The Morgan fingerprint density at radius 1 is 1.00 bits per heavy atom. The second-order valence-corrected chi connectivity index (χ2v) is 8.11. The molecule has 0 amide bonds. The van der Waals surface area contributed by atoms with Crippen molar-refractivity contribution in [2.45, 2.75) is 75.6 Å². The van der Waals surface area contributed by atoms with E-state index >= 15 is 0 Å². The van der Waals surface area contributed by atoms with Crippen LogP contribution in [0.5, 0.6) is 0 Å². The molecule has 5 nitrogen and oxygen atoms in total. The lowest BCUT2D eigenvalue weighted by atomic mass is 10.1. The van der Waals surface area contributed by atoms with E-state index in [-0.39, 0.29) is 12.8 Å². The molecule has 0 aromatic heterocycles. The van der Waals surface area contributed by atoms with Crippen LogP contribution in [0.2, 0.25) is 0 Å². The van der Waals surface area contributed by atoms with E-state index in [2.05, 4.69) is 0 Å². The van der Waals surface area contributed by atoms with Gasteiger partial charge in [0.15, 0.2) is 0 Å². The van der Waals surface area contributed by atoms with Crippen LogP contribution in [-0.2, 0) is 14.6 Å². The van der Waals surface area contributed by atoms with Gasteiger partial charge >= 0.3 is 23.2 Å². The van der Waals surface area contributed by atoms with Crippen LogP contribution >= 0.6 is 0 Å². The summed E-state index contributed by atoms with van der Waals surface area (Å²) in [4.78, 5) is 10.5. The zero-order valence-electron chi connectivity index (χ0n) is 14.4. The van der Waals surface area contributed by atoms with Gasteiger partial charge in [0.25, 0.3) is 0 Å². The lowest BCUT2D eigenvalue weighted by Crippen LogP contribution is -2.65. The number of aliphatic carboxylic acids is 1. The highest BCUT2D eigenvalue weighted by Crippen LogP contribution is 2.47. The summed E-state index contributed by atoms with van der Waals surface area (Å²) in [6, 6.07) is -8.07. The maximum Gasteiger partial charge on any atom is 0.414 e. The molecule has 2 N–H and O–H groups in total. The van der Waals surface area contributed by atoms with Crippen LogP contribution in [-0.4, -0.2) is 48.5 Å². The predicted octanol–water partition coefficient (Wildman–Crippen LogP) is 3.65. The summed E-state index contributed by atoms with van der Waals surface area (Å²) in [6.07, 6.45) is 2.71. The molecule has 0 saturated heterocycles. The van der Waals surface area contributed by atoms with Gasteiger partial charge in [0, 0.05) is 0 Å². The number of unbranched alkanes of at least 4 members (excludes halogenated alkanes) is 5.